The molecule has 1 aliphatic rings. The van der Waals surface area contributed by atoms with Crippen LogP contribution in [0.5, 0.6) is 11.5 Å². The van der Waals surface area contributed by atoms with E-state index >= 15 is 0 Å². The number of carbonyl (C=O) groups excluding carboxylic acids is 1. The predicted molar refractivity (Wildman–Crippen MR) is 210 cm³/mol. The van der Waals surface area contributed by atoms with Crippen LogP contribution in [0.4, 0.5) is 0 Å². The van der Waals surface area contributed by atoms with Crippen LogP contribution in [0.25, 0.3) is 16.8 Å². The number of thiazole rings is 1. The molecule has 2 heterocycles. The number of halogens is 3. The summed E-state index contributed by atoms with van der Waals surface area (Å²) >= 11 is 12.2. The number of hydrogen-bond acceptors (Lipinski definition) is 6. The zero-order chi connectivity index (χ0) is 34.1. The second kappa shape index (κ2) is 14.7. The van der Waals surface area contributed by atoms with Gasteiger partial charge in [-0.2, -0.15) is 0 Å². The molecule has 0 N–H and O–H groups in total. The highest BCUT2D eigenvalue weighted by atomic mass is 127. The molecule has 0 radical (unpaired) electrons. The lowest BCUT2D eigenvalue weighted by molar-refractivity contribution is -0.127. The van der Waals surface area contributed by atoms with Crippen molar-refractivity contribution in [2.45, 2.75) is 33.4 Å². The summed E-state index contributed by atoms with van der Waals surface area (Å²) in [6, 6.07) is 22.7. The van der Waals surface area contributed by atoms with E-state index in [1.165, 1.54) is 11.3 Å². The molecule has 6 rings (SSSR count). The summed E-state index contributed by atoms with van der Waals surface area (Å²) in [7, 11) is 1.62. The van der Waals surface area contributed by atoms with Crippen molar-refractivity contribution < 1.29 is 14.3 Å². The van der Waals surface area contributed by atoms with Crippen LogP contribution >= 0.6 is 68.1 Å². The molecular weight excluding hydrogens is 872 g/mol. The number of allylic oxidation sites excluding steroid dienone is 1. The molecule has 4 aromatic carbocycles. The first-order valence-corrected chi connectivity index (χ1v) is 18.7. The molecule has 0 bridgehead atoms. The van der Waals surface area contributed by atoms with Crippen molar-refractivity contribution in [2.75, 3.05) is 20.2 Å². The number of hydrogen-bond donors (Lipinski definition) is 0. The molecule has 246 valence electrons. The van der Waals surface area contributed by atoms with Gasteiger partial charge in [-0.1, -0.05) is 71.5 Å². The van der Waals surface area contributed by atoms with E-state index in [0.29, 0.717) is 51.1 Å². The van der Waals surface area contributed by atoms with Gasteiger partial charge in [0.2, 0.25) is 0 Å². The number of carbonyl (C=O) groups is 1. The molecule has 1 aromatic heterocycles. The molecule has 48 heavy (non-hydrogen) atoms. The van der Waals surface area contributed by atoms with E-state index < -0.39 is 6.04 Å². The van der Waals surface area contributed by atoms with Gasteiger partial charge in [-0.3, -0.25) is 14.2 Å². The molecule has 1 aliphatic heterocycles. The van der Waals surface area contributed by atoms with Gasteiger partial charge in [-0.05, 0) is 113 Å². The first-order valence-electron chi connectivity index (χ1n) is 15.4. The largest absolute Gasteiger partial charge is 0.496 e. The van der Waals surface area contributed by atoms with Gasteiger partial charge >= 0.3 is 0 Å². The monoisotopic (exact) mass is 903 g/mol. The summed E-state index contributed by atoms with van der Waals surface area (Å²) < 4.78 is 16.1. The summed E-state index contributed by atoms with van der Waals surface area (Å²) in [5.41, 5.74) is 3.36. The highest BCUT2D eigenvalue weighted by molar-refractivity contribution is 14.1. The molecule has 0 unspecified atom stereocenters. The van der Waals surface area contributed by atoms with Crippen LogP contribution in [0.1, 0.15) is 43.5 Å². The Bertz CT molecular complexity index is 2250. The van der Waals surface area contributed by atoms with Crippen molar-refractivity contribution in [2.24, 2.45) is 4.99 Å². The number of rotatable bonds is 9. The van der Waals surface area contributed by atoms with Crippen molar-refractivity contribution in [1.82, 2.24) is 9.47 Å². The van der Waals surface area contributed by atoms with Crippen molar-refractivity contribution in [3.8, 4) is 11.5 Å². The Labute approximate surface area is 314 Å². The van der Waals surface area contributed by atoms with Gasteiger partial charge in [0.1, 0.15) is 24.1 Å². The fourth-order valence-electron chi connectivity index (χ4n) is 6.00. The summed E-state index contributed by atoms with van der Waals surface area (Å²) in [4.78, 5) is 35.9. The molecule has 7 nitrogen and oxygen atoms in total. The van der Waals surface area contributed by atoms with E-state index in [0.717, 1.165) is 40.4 Å². The van der Waals surface area contributed by atoms with Gasteiger partial charge in [-0.25, -0.2) is 4.99 Å². The molecule has 5 aromatic rings. The van der Waals surface area contributed by atoms with Crippen molar-refractivity contribution >= 4 is 90.9 Å². The maximum absolute atomic E-state index is 14.5. The molecule has 0 fully saturated rings. The third-order valence-electron chi connectivity index (χ3n) is 8.38. The van der Waals surface area contributed by atoms with Crippen LogP contribution in [0.2, 0.25) is 5.02 Å². The summed E-state index contributed by atoms with van der Waals surface area (Å²) in [6.07, 6.45) is 1.88. The second-order valence-corrected chi connectivity index (χ2v) is 14.9. The van der Waals surface area contributed by atoms with Crippen LogP contribution in [-0.2, 0) is 11.4 Å². The number of fused-ring (bicyclic) bond motifs is 2. The van der Waals surface area contributed by atoms with E-state index in [9.17, 15) is 9.59 Å². The molecule has 0 aliphatic carbocycles. The minimum atomic E-state index is -0.738. The summed E-state index contributed by atoms with van der Waals surface area (Å²) in [5.74, 6) is 1.21. The lowest BCUT2D eigenvalue weighted by Crippen LogP contribution is -2.43. The maximum Gasteiger partial charge on any atom is 0.271 e. The van der Waals surface area contributed by atoms with E-state index in [1.54, 1.807) is 16.6 Å². The average molecular weight is 904 g/mol. The number of amides is 1. The van der Waals surface area contributed by atoms with Crippen LogP contribution < -0.4 is 24.4 Å². The van der Waals surface area contributed by atoms with Gasteiger partial charge in [0.15, 0.2) is 4.80 Å². The second-order valence-electron chi connectivity index (χ2n) is 11.2. The third-order valence-corrected chi connectivity index (χ3v) is 11.3. The van der Waals surface area contributed by atoms with Gasteiger partial charge in [-0.15, -0.1) is 0 Å². The highest BCUT2D eigenvalue weighted by Gasteiger charge is 2.36. The predicted octanol–water partition coefficient (Wildman–Crippen LogP) is 7.71. The fourth-order valence-corrected chi connectivity index (χ4v) is 9.37. The molecular formula is C37H32ClI2N3O4S. The smallest absolute Gasteiger partial charge is 0.271 e. The summed E-state index contributed by atoms with van der Waals surface area (Å²) in [5, 5.41) is 2.55. The standard InChI is InChI=1S/C37H32ClI2N3O4S/c1-5-42(6-2)36(45)31-21(3)41-37-43(33(31)32-25-13-9-7-11-23(25)15-16-29(32)46-4)35(44)30(48-37)19-22-17-27(39)34(28(40)18-22)47-20-24-12-8-10-14-26(24)38/h7-19,33H,5-6,20H2,1-4H3/b30-19+/t33-/m0/s1. The Balaban J connectivity index is 1.50. The van der Waals surface area contributed by atoms with Gasteiger partial charge in [0.05, 0.1) is 30.1 Å². The normalized spacial score (nSPS) is 14.6. The third kappa shape index (κ3) is 6.56. The quantitative estimate of drug-likeness (QED) is 0.142. The van der Waals surface area contributed by atoms with Crippen LogP contribution in [0, 0.1) is 7.14 Å². The number of likely N-dealkylation sites (N-methyl/N-ethyl adjacent to an activating group) is 1. The van der Waals surface area contributed by atoms with E-state index in [2.05, 4.69) is 45.2 Å². The van der Waals surface area contributed by atoms with Crippen LogP contribution in [0.3, 0.4) is 0 Å². The molecule has 0 spiro atoms. The van der Waals surface area contributed by atoms with Crippen LogP contribution in [-0.4, -0.2) is 35.6 Å². The zero-order valence-electron chi connectivity index (χ0n) is 26.7. The van der Waals surface area contributed by atoms with Crippen molar-refractivity contribution in [3.63, 3.8) is 0 Å². The van der Waals surface area contributed by atoms with Crippen LogP contribution in [0.15, 0.2) is 93.9 Å². The molecule has 1 amide bonds. The summed E-state index contributed by atoms with van der Waals surface area (Å²) in [6.45, 7) is 7.17. The Kier molecular flexibility index (Phi) is 10.6. The van der Waals surface area contributed by atoms with E-state index in [1.807, 2.05) is 99.6 Å². The first kappa shape index (κ1) is 34.7. The highest BCUT2D eigenvalue weighted by Crippen LogP contribution is 2.40. The van der Waals surface area contributed by atoms with Gasteiger partial charge in [0.25, 0.3) is 11.5 Å². The minimum Gasteiger partial charge on any atom is -0.496 e. The van der Waals surface area contributed by atoms with Gasteiger partial charge < -0.3 is 14.4 Å². The first-order chi connectivity index (χ1) is 23.2. The Hall–Kier alpha value is -3.20. The van der Waals surface area contributed by atoms with Crippen molar-refractivity contribution in [3.05, 3.63) is 133 Å². The van der Waals surface area contributed by atoms with E-state index in [-0.39, 0.29) is 11.5 Å². The zero-order valence-corrected chi connectivity index (χ0v) is 32.6. The number of methoxy groups -OCH3 is 1. The topological polar surface area (TPSA) is 73.1 Å². The lowest BCUT2D eigenvalue weighted by atomic mass is 9.90. The van der Waals surface area contributed by atoms with E-state index in [4.69, 9.17) is 26.1 Å². The molecule has 0 saturated heterocycles. The molecule has 0 saturated carbocycles. The van der Waals surface area contributed by atoms with Crippen molar-refractivity contribution in [1.29, 1.82) is 0 Å². The number of aromatic nitrogens is 1. The van der Waals surface area contributed by atoms with Gasteiger partial charge in [0, 0.05) is 29.2 Å². The SMILES string of the molecule is CCN(CC)C(=O)C1=C(C)N=c2s/c(=C/c3cc(I)c(OCc4ccccc4Cl)c(I)c3)c(=O)n2[C@@H]1c1c(OC)ccc2ccccc12. The lowest BCUT2D eigenvalue weighted by Gasteiger charge is -2.30. The minimum absolute atomic E-state index is 0.146. The number of benzene rings is 4. The Morgan fingerprint density at radius 2 is 1.73 bits per heavy atom. The maximum atomic E-state index is 14.5. The molecule has 11 heteroatoms. The Morgan fingerprint density at radius 3 is 2.42 bits per heavy atom. The number of nitrogens with zero attached hydrogens (tertiary/aromatic N) is 3. The Morgan fingerprint density at radius 1 is 1.04 bits per heavy atom. The molecule has 1 atom stereocenters. The number of ether oxygens (including phenoxy) is 2. The average Bonchev–Trinajstić information content (AvgIpc) is 3.37. The fraction of sp³-hybridized carbons (Fsp3) is 0.216.